The Hall–Kier alpha value is -2.34. The van der Waals surface area contributed by atoms with Gasteiger partial charge in [0.1, 0.15) is 0 Å². The van der Waals surface area contributed by atoms with E-state index < -0.39 is 0 Å². The van der Waals surface area contributed by atoms with Crippen molar-refractivity contribution >= 4 is 0 Å². The van der Waals surface area contributed by atoms with Gasteiger partial charge >= 0.3 is 0 Å². The third-order valence-electron chi connectivity index (χ3n) is 4.53. The summed E-state index contributed by atoms with van der Waals surface area (Å²) in [5, 5.41) is 0. The fourth-order valence-corrected chi connectivity index (χ4v) is 3.07. The summed E-state index contributed by atoms with van der Waals surface area (Å²) in [7, 11) is 0. The Morgan fingerprint density at radius 2 is 1.17 bits per heavy atom. The predicted octanol–water partition coefficient (Wildman–Crippen LogP) is 6.45. The lowest BCUT2D eigenvalue weighted by Gasteiger charge is -2.10. The highest BCUT2D eigenvalue weighted by Crippen LogP contribution is 2.28. The highest BCUT2D eigenvalue weighted by Gasteiger charge is 2.05. The fourth-order valence-electron chi connectivity index (χ4n) is 3.07. The molecule has 0 heterocycles. The number of benzene rings is 3. The summed E-state index contributed by atoms with van der Waals surface area (Å²) >= 11 is 0. The zero-order valence-electron chi connectivity index (χ0n) is 14.3. The van der Waals surface area contributed by atoms with Crippen molar-refractivity contribution in [3.05, 3.63) is 83.4 Å². The Bertz CT molecular complexity index is 777. The van der Waals surface area contributed by atoms with E-state index in [2.05, 4.69) is 87.5 Å². The molecule has 116 valence electrons. The predicted molar refractivity (Wildman–Crippen MR) is 101 cm³/mol. The maximum atomic E-state index is 2.30. The first-order valence-electron chi connectivity index (χ1n) is 8.50. The molecular formula is C23H24. The molecule has 0 N–H and O–H groups in total. The molecule has 0 fully saturated rings. The molecule has 0 heteroatoms. The minimum absolute atomic E-state index is 1.07. The zero-order chi connectivity index (χ0) is 16.2. The summed E-state index contributed by atoms with van der Waals surface area (Å²) < 4.78 is 0. The van der Waals surface area contributed by atoms with Crippen LogP contribution in [0.3, 0.4) is 0 Å². The highest BCUT2D eigenvalue weighted by molar-refractivity contribution is 5.72. The average Bonchev–Trinajstić information content (AvgIpc) is 2.62. The molecule has 0 aromatic heterocycles. The molecule has 0 saturated heterocycles. The van der Waals surface area contributed by atoms with Crippen LogP contribution in [0.4, 0.5) is 0 Å². The summed E-state index contributed by atoms with van der Waals surface area (Å²) in [6.45, 7) is 6.57. The topological polar surface area (TPSA) is 0 Å². The normalized spacial score (nSPS) is 10.7. The van der Waals surface area contributed by atoms with Gasteiger partial charge in [-0.05, 0) is 53.1 Å². The van der Waals surface area contributed by atoms with E-state index in [1.54, 1.807) is 0 Å². The lowest BCUT2D eigenvalue weighted by Crippen LogP contribution is -1.89. The first-order chi connectivity index (χ1) is 11.2. The lowest BCUT2D eigenvalue weighted by atomic mass is 9.94. The van der Waals surface area contributed by atoms with Crippen LogP contribution >= 0.6 is 0 Å². The van der Waals surface area contributed by atoms with Crippen molar-refractivity contribution in [2.24, 2.45) is 0 Å². The molecule has 0 aliphatic rings. The zero-order valence-corrected chi connectivity index (χ0v) is 14.3. The molecule has 0 bridgehead atoms. The van der Waals surface area contributed by atoms with Crippen molar-refractivity contribution in [1.29, 1.82) is 0 Å². The molecule has 0 unspecified atom stereocenters. The van der Waals surface area contributed by atoms with E-state index in [1.807, 2.05) is 0 Å². The first kappa shape index (κ1) is 15.6. The Balaban J connectivity index is 1.92. The molecule has 3 rings (SSSR count). The van der Waals surface area contributed by atoms with Crippen molar-refractivity contribution in [1.82, 2.24) is 0 Å². The molecule has 3 aromatic rings. The lowest BCUT2D eigenvalue weighted by molar-refractivity contribution is 1.13. The van der Waals surface area contributed by atoms with E-state index in [-0.39, 0.29) is 0 Å². The second-order valence-corrected chi connectivity index (χ2v) is 6.14. The summed E-state index contributed by atoms with van der Waals surface area (Å²) in [5.74, 6) is 0. The number of rotatable bonds is 4. The van der Waals surface area contributed by atoms with Gasteiger partial charge in [-0.15, -0.1) is 0 Å². The van der Waals surface area contributed by atoms with Gasteiger partial charge in [-0.1, -0.05) is 86.1 Å². The minimum atomic E-state index is 1.07. The van der Waals surface area contributed by atoms with Gasteiger partial charge < -0.3 is 0 Å². The molecule has 0 radical (unpaired) electrons. The SMILES string of the molecule is CCc1ccc(-c2ccc(-c3ccc(C)cc3CC)cc2)cc1. The molecule has 0 amide bonds. The second kappa shape index (κ2) is 6.83. The molecule has 0 atom stereocenters. The number of aryl methyl sites for hydroxylation is 3. The molecule has 3 aromatic carbocycles. The van der Waals surface area contributed by atoms with Gasteiger partial charge in [0.25, 0.3) is 0 Å². The van der Waals surface area contributed by atoms with Crippen molar-refractivity contribution in [2.75, 3.05) is 0 Å². The van der Waals surface area contributed by atoms with Crippen LogP contribution in [0, 0.1) is 6.92 Å². The average molecular weight is 300 g/mol. The van der Waals surface area contributed by atoms with Gasteiger partial charge in [-0.3, -0.25) is 0 Å². The Kier molecular flexibility index (Phi) is 4.62. The monoisotopic (exact) mass is 300 g/mol. The molecule has 0 aliphatic carbocycles. The van der Waals surface area contributed by atoms with Crippen molar-refractivity contribution in [3.8, 4) is 22.3 Å². The Morgan fingerprint density at radius 3 is 1.74 bits per heavy atom. The first-order valence-corrected chi connectivity index (χ1v) is 8.50. The van der Waals surface area contributed by atoms with Crippen LogP contribution in [0.1, 0.15) is 30.5 Å². The van der Waals surface area contributed by atoms with E-state index in [9.17, 15) is 0 Å². The number of hydrogen-bond donors (Lipinski definition) is 0. The van der Waals surface area contributed by atoms with Crippen LogP contribution in [-0.2, 0) is 12.8 Å². The van der Waals surface area contributed by atoms with Crippen LogP contribution in [0.5, 0.6) is 0 Å². The van der Waals surface area contributed by atoms with Crippen LogP contribution in [0.25, 0.3) is 22.3 Å². The second-order valence-electron chi connectivity index (χ2n) is 6.14. The van der Waals surface area contributed by atoms with E-state index in [0.717, 1.165) is 12.8 Å². The van der Waals surface area contributed by atoms with E-state index >= 15 is 0 Å². The van der Waals surface area contributed by atoms with Gasteiger partial charge in [-0.2, -0.15) is 0 Å². The standard InChI is InChI=1S/C23H24/c1-4-18-7-9-20(10-8-18)21-11-13-22(14-12-21)23-15-6-17(3)16-19(23)5-2/h6-16H,4-5H2,1-3H3. The Morgan fingerprint density at radius 1 is 0.609 bits per heavy atom. The molecule has 0 aliphatic heterocycles. The molecule has 0 nitrogen and oxygen atoms in total. The largest absolute Gasteiger partial charge is 0.0613 e. The van der Waals surface area contributed by atoms with Gasteiger partial charge in [-0.25, -0.2) is 0 Å². The van der Waals surface area contributed by atoms with Crippen LogP contribution in [-0.4, -0.2) is 0 Å². The quantitative estimate of drug-likeness (QED) is 0.519. The fraction of sp³-hybridized carbons (Fsp3) is 0.217. The van der Waals surface area contributed by atoms with Gasteiger partial charge in [0.2, 0.25) is 0 Å². The molecule has 0 spiro atoms. The molecule has 23 heavy (non-hydrogen) atoms. The van der Waals surface area contributed by atoms with Crippen molar-refractivity contribution < 1.29 is 0 Å². The third kappa shape index (κ3) is 3.37. The van der Waals surface area contributed by atoms with Crippen LogP contribution in [0.2, 0.25) is 0 Å². The third-order valence-corrected chi connectivity index (χ3v) is 4.53. The van der Waals surface area contributed by atoms with Crippen molar-refractivity contribution in [3.63, 3.8) is 0 Å². The molecular weight excluding hydrogens is 276 g/mol. The summed E-state index contributed by atoms with van der Waals surface area (Å²) in [4.78, 5) is 0. The smallest absolute Gasteiger partial charge is 0.0152 e. The van der Waals surface area contributed by atoms with E-state index in [4.69, 9.17) is 0 Å². The molecule has 0 saturated carbocycles. The summed E-state index contributed by atoms with van der Waals surface area (Å²) in [6.07, 6.45) is 2.16. The number of hydrogen-bond acceptors (Lipinski definition) is 0. The van der Waals surface area contributed by atoms with Gasteiger partial charge in [0.15, 0.2) is 0 Å². The van der Waals surface area contributed by atoms with Crippen LogP contribution < -0.4 is 0 Å². The summed E-state index contributed by atoms with van der Waals surface area (Å²) in [6, 6.07) is 24.6. The maximum absolute atomic E-state index is 2.30. The van der Waals surface area contributed by atoms with Gasteiger partial charge in [0.05, 0.1) is 0 Å². The van der Waals surface area contributed by atoms with Gasteiger partial charge in [0, 0.05) is 0 Å². The van der Waals surface area contributed by atoms with Crippen LogP contribution in [0.15, 0.2) is 66.7 Å². The maximum Gasteiger partial charge on any atom is -0.0152 e. The minimum Gasteiger partial charge on any atom is -0.0613 e. The van der Waals surface area contributed by atoms with E-state index in [1.165, 1.54) is 38.9 Å². The van der Waals surface area contributed by atoms with E-state index in [0.29, 0.717) is 0 Å². The Labute approximate surface area is 139 Å². The summed E-state index contributed by atoms with van der Waals surface area (Å²) in [5.41, 5.74) is 9.36. The highest BCUT2D eigenvalue weighted by atomic mass is 14.1. The van der Waals surface area contributed by atoms with Crippen molar-refractivity contribution in [2.45, 2.75) is 33.6 Å².